The number of aromatic nitrogens is 2. The smallest absolute Gasteiger partial charge is 0.129 e. The summed E-state index contributed by atoms with van der Waals surface area (Å²) in [5.74, 6) is 0. The summed E-state index contributed by atoms with van der Waals surface area (Å²) in [5, 5.41) is 4.29. The maximum absolute atomic E-state index is 4.29. The van der Waals surface area contributed by atoms with Crippen LogP contribution in [0.25, 0.3) is 0 Å². The molecule has 4 heteroatoms. The van der Waals surface area contributed by atoms with E-state index in [9.17, 15) is 0 Å². The molecule has 2 nitrogen and oxygen atoms in total. The predicted octanol–water partition coefficient (Wildman–Crippen LogP) is 3.99. The van der Waals surface area contributed by atoms with Crippen molar-refractivity contribution in [3.8, 4) is 0 Å². The number of rotatable bonds is 5. The third-order valence-electron chi connectivity index (χ3n) is 1.92. The van der Waals surface area contributed by atoms with Crippen LogP contribution in [0.2, 0.25) is 0 Å². The number of aryl methyl sites for hydroxylation is 1. The third-order valence-corrected chi connectivity index (χ3v) is 2.95. The molecule has 0 atom stereocenters. The van der Waals surface area contributed by atoms with Crippen LogP contribution in [0.5, 0.6) is 0 Å². The zero-order valence-corrected chi connectivity index (χ0v) is 10.9. The monoisotopic (exact) mass is 308 g/mol. The molecule has 74 valence electrons. The molecule has 0 aliphatic carbocycles. The van der Waals surface area contributed by atoms with Crippen molar-refractivity contribution in [2.45, 2.75) is 39.2 Å². The van der Waals surface area contributed by atoms with E-state index in [1.165, 1.54) is 25.7 Å². The van der Waals surface area contributed by atoms with E-state index in [0.717, 1.165) is 15.8 Å². The molecule has 1 heterocycles. The Morgan fingerprint density at radius 3 is 2.62 bits per heavy atom. The fraction of sp³-hybridized carbons (Fsp3) is 0.667. The summed E-state index contributed by atoms with van der Waals surface area (Å²) in [6.07, 6.45) is 5.10. The molecule has 1 aromatic rings. The summed E-state index contributed by atoms with van der Waals surface area (Å²) in [5.41, 5.74) is 0. The molecule has 0 N–H and O–H groups in total. The van der Waals surface area contributed by atoms with E-state index in [2.05, 4.69) is 43.9 Å². The minimum atomic E-state index is 0.898. The summed E-state index contributed by atoms with van der Waals surface area (Å²) in [4.78, 5) is 0. The second kappa shape index (κ2) is 5.81. The average Bonchev–Trinajstić information content (AvgIpc) is 2.39. The molecule has 0 aliphatic rings. The average molecular weight is 310 g/mol. The first kappa shape index (κ1) is 11.2. The molecule has 0 radical (unpaired) electrons. The molecule has 0 fully saturated rings. The first-order chi connectivity index (χ1) is 6.24. The Kier molecular flexibility index (Phi) is 5.02. The normalized spacial score (nSPS) is 10.7. The lowest BCUT2D eigenvalue weighted by molar-refractivity contribution is 0.532. The van der Waals surface area contributed by atoms with Gasteiger partial charge in [-0.05, 0) is 38.3 Å². The Balaban J connectivity index is 2.32. The molecule has 0 aromatic carbocycles. The summed E-state index contributed by atoms with van der Waals surface area (Å²) in [7, 11) is 0. The second-order valence-corrected chi connectivity index (χ2v) is 4.70. The fourth-order valence-electron chi connectivity index (χ4n) is 1.21. The van der Waals surface area contributed by atoms with E-state index >= 15 is 0 Å². The SMILES string of the molecule is CCCCCCn1nc(Br)cc1Br. The van der Waals surface area contributed by atoms with Crippen LogP contribution < -0.4 is 0 Å². The Bertz CT molecular complexity index is 258. The fourth-order valence-corrected chi connectivity index (χ4v) is 2.40. The van der Waals surface area contributed by atoms with Gasteiger partial charge in [0.15, 0.2) is 0 Å². The maximum Gasteiger partial charge on any atom is 0.129 e. The van der Waals surface area contributed by atoms with Crippen LogP contribution in [0.15, 0.2) is 15.3 Å². The first-order valence-corrected chi connectivity index (χ1v) is 6.21. The highest BCUT2D eigenvalue weighted by molar-refractivity contribution is 9.11. The number of halogens is 2. The minimum Gasteiger partial charge on any atom is -0.257 e. The molecule has 0 saturated heterocycles. The van der Waals surface area contributed by atoms with Crippen LogP contribution in [0.4, 0.5) is 0 Å². The van der Waals surface area contributed by atoms with E-state index in [1.54, 1.807) is 0 Å². The number of nitrogens with zero attached hydrogens (tertiary/aromatic N) is 2. The standard InChI is InChI=1S/C9H14Br2N2/c1-2-3-4-5-6-13-9(11)7-8(10)12-13/h7H,2-6H2,1H3. The largest absolute Gasteiger partial charge is 0.257 e. The predicted molar refractivity (Wildman–Crippen MR) is 61.8 cm³/mol. The molecule has 0 amide bonds. The van der Waals surface area contributed by atoms with E-state index in [-0.39, 0.29) is 0 Å². The lowest BCUT2D eigenvalue weighted by Crippen LogP contribution is -2.00. The van der Waals surface area contributed by atoms with Crippen molar-refractivity contribution >= 4 is 31.9 Å². The number of hydrogen-bond acceptors (Lipinski definition) is 1. The van der Waals surface area contributed by atoms with Gasteiger partial charge in [-0.25, -0.2) is 0 Å². The quantitative estimate of drug-likeness (QED) is 0.752. The van der Waals surface area contributed by atoms with Crippen LogP contribution >= 0.6 is 31.9 Å². The van der Waals surface area contributed by atoms with Gasteiger partial charge in [0.25, 0.3) is 0 Å². The van der Waals surface area contributed by atoms with Crippen molar-refractivity contribution in [2.75, 3.05) is 0 Å². The van der Waals surface area contributed by atoms with Crippen molar-refractivity contribution in [1.82, 2.24) is 9.78 Å². The summed E-state index contributed by atoms with van der Waals surface area (Å²) in [6, 6.07) is 1.97. The van der Waals surface area contributed by atoms with E-state index in [4.69, 9.17) is 0 Å². The molecule has 0 bridgehead atoms. The number of unbranched alkanes of at least 4 members (excludes halogenated alkanes) is 3. The van der Waals surface area contributed by atoms with E-state index in [1.807, 2.05) is 10.7 Å². The van der Waals surface area contributed by atoms with Crippen molar-refractivity contribution in [1.29, 1.82) is 0 Å². The molecule has 13 heavy (non-hydrogen) atoms. The van der Waals surface area contributed by atoms with Gasteiger partial charge in [-0.3, -0.25) is 4.68 Å². The van der Waals surface area contributed by atoms with Gasteiger partial charge in [0.1, 0.15) is 9.21 Å². The first-order valence-electron chi connectivity index (χ1n) is 4.63. The van der Waals surface area contributed by atoms with E-state index in [0.29, 0.717) is 0 Å². The Labute approximate surface area is 96.0 Å². The van der Waals surface area contributed by atoms with Gasteiger partial charge in [-0.15, -0.1) is 0 Å². The number of hydrogen-bond donors (Lipinski definition) is 0. The molecule has 0 saturated carbocycles. The zero-order valence-electron chi connectivity index (χ0n) is 7.76. The molecular weight excluding hydrogens is 296 g/mol. The van der Waals surface area contributed by atoms with Crippen LogP contribution in [0.1, 0.15) is 32.6 Å². The van der Waals surface area contributed by atoms with Crippen molar-refractivity contribution in [3.05, 3.63) is 15.3 Å². The lowest BCUT2D eigenvalue weighted by Gasteiger charge is -2.01. The van der Waals surface area contributed by atoms with Gasteiger partial charge in [0.2, 0.25) is 0 Å². The molecule has 0 unspecified atom stereocenters. The summed E-state index contributed by atoms with van der Waals surface area (Å²) >= 11 is 6.80. The van der Waals surface area contributed by atoms with Crippen LogP contribution in [0, 0.1) is 0 Å². The minimum absolute atomic E-state index is 0.898. The topological polar surface area (TPSA) is 17.8 Å². The Hall–Kier alpha value is 0.170. The van der Waals surface area contributed by atoms with Gasteiger partial charge >= 0.3 is 0 Å². The molecule has 0 spiro atoms. The molecule has 1 rings (SSSR count). The van der Waals surface area contributed by atoms with Gasteiger partial charge in [0, 0.05) is 12.6 Å². The maximum atomic E-state index is 4.29. The Morgan fingerprint density at radius 2 is 2.08 bits per heavy atom. The van der Waals surface area contributed by atoms with Gasteiger partial charge in [-0.2, -0.15) is 5.10 Å². The van der Waals surface area contributed by atoms with Gasteiger partial charge in [-0.1, -0.05) is 26.2 Å². The Morgan fingerprint density at radius 1 is 1.31 bits per heavy atom. The van der Waals surface area contributed by atoms with Crippen LogP contribution in [-0.4, -0.2) is 9.78 Å². The van der Waals surface area contributed by atoms with Gasteiger partial charge < -0.3 is 0 Å². The lowest BCUT2D eigenvalue weighted by atomic mass is 10.2. The summed E-state index contributed by atoms with van der Waals surface area (Å²) < 4.78 is 3.94. The molecule has 0 aliphatic heterocycles. The second-order valence-electron chi connectivity index (χ2n) is 3.07. The van der Waals surface area contributed by atoms with Crippen LogP contribution in [0.3, 0.4) is 0 Å². The molecular formula is C9H14Br2N2. The van der Waals surface area contributed by atoms with Gasteiger partial charge in [0.05, 0.1) is 0 Å². The third kappa shape index (κ3) is 3.81. The zero-order chi connectivity index (χ0) is 9.68. The molecule has 1 aromatic heterocycles. The van der Waals surface area contributed by atoms with Crippen molar-refractivity contribution in [2.24, 2.45) is 0 Å². The van der Waals surface area contributed by atoms with E-state index < -0.39 is 0 Å². The summed E-state index contributed by atoms with van der Waals surface area (Å²) in [6.45, 7) is 3.23. The highest BCUT2D eigenvalue weighted by Gasteiger charge is 2.01. The van der Waals surface area contributed by atoms with Crippen LogP contribution in [-0.2, 0) is 6.54 Å². The highest BCUT2D eigenvalue weighted by Crippen LogP contribution is 2.17. The van der Waals surface area contributed by atoms with Crippen molar-refractivity contribution in [3.63, 3.8) is 0 Å². The highest BCUT2D eigenvalue weighted by atomic mass is 79.9. The van der Waals surface area contributed by atoms with Crippen molar-refractivity contribution < 1.29 is 0 Å².